The van der Waals surface area contributed by atoms with Crippen molar-refractivity contribution in [3.63, 3.8) is 0 Å². The third kappa shape index (κ3) is 2.70. The predicted octanol–water partition coefficient (Wildman–Crippen LogP) is -0.676. The van der Waals surface area contributed by atoms with Crippen LogP contribution in [0.25, 0.3) is 0 Å². The van der Waals surface area contributed by atoms with Gasteiger partial charge in [-0.3, -0.25) is 4.79 Å². The average molecular weight is 200 g/mol. The SMILES string of the molecule is COC(=O)C(=O)N1CCCN(C)CC1. The minimum Gasteiger partial charge on any atom is -0.462 e. The molecule has 1 rings (SSSR count). The van der Waals surface area contributed by atoms with Crippen LogP contribution < -0.4 is 0 Å². The lowest BCUT2D eigenvalue weighted by Crippen LogP contribution is -2.39. The van der Waals surface area contributed by atoms with E-state index in [-0.39, 0.29) is 0 Å². The lowest BCUT2D eigenvalue weighted by molar-refractivity contribution is -0.158. The quantitative estimate of drug-likeness (QED) is 0.384. The second-order valence-corrected chi connectivity index (χ2v) is 3.44. The van der Waals surface area contributed by atoms with Crippen LogP contribution in [-0.4, -0.2) is 62.0 Å². The lowest BCUT2D eigenvalue weighted by atomic mass is 10.4. The zero-order chi connectivity index (χ0) is 10.6. The zero-order valence-electron chi connectivity index (χ0n) is 8.65. The van der Waals surface area contributed by atoms with Gasteiger partial charge in [-0.2, -0.15) is 0 Å². The van der Waals surface area contributed by atoms with Crippen molar-refractivity contribution in [1.82, 2.24) is 9.80 Å². The van der Waals surface area contributed by atoms with Gasteiger partial charge < -0.3 is 14.5 Å². The first kappa shape index (κ1) is 11.0. The van der Waals surface area contributed by atoms with Crippen LogP contribution in [-0.2, 0) is 14.3 Å². The summed E-state index contributed by atoms with van der Waals surface area (Å²) in [5, 5.41) is 0. The van der Waals surface area contributed by atoms with Crippen LogP contribution >= 0.6 is 0 Å². The van der Waals surface area contributed by atoms with Gasteiger partial charge in [0, 0.05) is 19.6 Å². The molecule has 5 heteroatoms. The highest BCUT2D eigenvalue weighted by Crippen LogP contribution is 2.01. The molecule has 0 bridgehead atoms. The lowest BCUT2D eigenvalue weighted by Gasteiger charge is -2.18. The molecule has 0 saturated carbocycles. The fourth-order valence-electron chi connectivity index (χ4n) is 1.47. The maximum absolute atomic E-state index is 11.4. The van der Waals surface area contributed by atoms with Crippen molar-refractivity contribution in [3.05, 3.63) is 0 Å². The number of ether oxygens (including phenoxy) is 1. The molecule has 0 aromatic carbocycles. The third-order valence-electron chi connectivity index (χ3n) is 2.37. The molecular formula is C9H16N2O3. The monoisotopic (exact) mass is 200 g/mol. The van der Waals surface area contributed by atoms with E-state index in [2.05, 4.69) is 9.64 Å². The number of nitrogens with zero attached hydrogens (tertiary/aromatic N) is 2. The molecule has 14 heavy (non-hydrogen) atoms. The van der Waals surface area contributed by atoms with E-state index in [4.69, 9.17) is 0 Å². The Morgan fingerprint density at radius 1 is 1.14 bits per heavy atom. The smallest absolute Gasteiger partial charge is 0.396 e. The molecule has 0 atom stereocenters. The minimum atomic E-state index is -0.769. The van der Waals surface area contributed by atoms with E-state index < -0.39 is 11.9 Å². The first-order chi connectivity index (χ1) is 6.65. The summed E-state index contributed by atoms with van der Waals surface area (Å²) in [7, 11) is 3.23. The normalized spacial score (nSPS) is 18.9. The van der Waals surface area contributed by atoms with Crippen LogP contribution in [0.3, 0.4) is 0 Å². The molecular weight excluding hydrogens is 184 g/mol. The number of likely N-dealkylation sites (N-methyl/N-ethyl adjacent to an activating group) is 1. The molecule has 0 radical (unpaired) electrons. The van der Waals surface area contributed by atoms with Crippen molar-refractivity contribution in [3.8, 4) is 0 Å². The van der Waals surface area contributed by atoms with E-state index in [1.165, 1.54) is 7.11 Å². The van der Waals surface area contributed by atoms with Crippen molar-refractivity contribution in [2.45, 2.75) is 6.42 Å². The number of methoxy groups -OCH3 is 1. The van der Waals surface area contributed by atoms with Gasteiger partial charge in [-0.1, -0.05) is 0 Å². The van der Waals surface area contributed by atoms with Gasteiger partial charge in [0.15, 0.2) is 0 Å². The molecule has 1 aliphatic heterocycles. The Hall–Kier alpha value is -1.10. The molecule has 1 fully saturated rings. The van der Waals surface area contributed by atoms with Gasteiger partial charge in [-0.15, -0.1) is 0 Å². The third-order valence-corrected chi connectivity index (χ3v) is 2.37. The van der Waals surface area contributed by atoms with Gasteiger partial charge >= 0.3 is 11.9 Å². The van der Waals surface area contributed by atoms with Crippen molar-refractivity contribution >= 4 is 11.9 Å². The van der Waals surface area contributed by atoms with E-state index in [1.807, 2.05) is 7.05 Å². The van der Waals surface area contributed by atoms with Gasteiger partial charge in [0.1, 0.15) is 0 Å². The van der Waals surface area contributed by atoms with Crippen LogP contribution in [0.2, 0.25) is 0 Å². The first-order valence-corrected chi connectivity index (χ1v) is 4.71. The van der Waals surface area contributed by atoms with E-state index >= 15 is 0 Å². The summed E-state index contributed by atoms with van der Waals surface area (Å²) in [5.41, 5.74) is 0. The number of rotatable bonds is 0. The Morgan fingerprint density at radius 3 is 2.50 bits per heavy atom. The summed E-state index contributed by atoms with van der Waals surface area (Å²) in [6.07, 6.45) is 0.902. The molecule has 5 nitrogen and oxygen atoms in total. The van der Waals surface area contributed by atoms with Crippen molar-refractivity contribution in [2.75, 3.05) is 40.3 Å². The molecule has 1 heterocycles. The maximum Gasteiger partial charge on any atom is 0.396 e. The Kier molecular flexibility index (Phi) is 3.88. The average Bonchev–Trinajstić information content (AvgIpc) is 2.40. The highest BCUT2D eigenvalue weighted by Gasteiger charge is 2.23. The van der Waals surface area contributed by atoms with Gasteiger partial charge in [0.25, 0.3) is 0 Å². The molecule has 0 aromatic heterocycles. The molecule has 80 valence electrons. The number of carbonyl (C=O) groups is 2. The molecule has 1 saturated heterocycles. The molecule has 1 amide bonds. The van der Waals surface area contributed by atoms with Crippen molar-refractivity contribution in [2.24, 2.45) is 0 Å². The minimum absolute atomic E-state index is 0.525. The van der Waals surface area contributed by atoms with Crippen LogP contribution in [0, 0.1) is 0 Å². The number of esters is 1. The summed E-state index contributed by atoms with van der Waals surface area (Å²) in [6, 6.07) is 0. The standard InChI is InChI=1S/C9H16N2O3/c1-10-4-3-5-11(7-6-10)8(12)9(13)14-2/h3-7H2,1-2H3. The van der Waals surface area contributed by atoms with Crippen molar-refractivity contribution < 1.29 is 14.3 Å². The number of carbonyl (C=O) groups excluding carboxylic acids is 2. The zero-order valence-corrected chi connectivity index (χ0v) is 8.65. The van der Waals surface area contributed by atoms with Crippen LogP contribution in [0.4, 0.5) is 0 Å². The molecule has 1 aliphatic rings. The highest BCUT2D eigenvalue weighted by molar-refractivity contribution is 6.32. The van der Waals surface area contributed by atoms with Gasteiger partial charge in [0.05, 0.1) is 7.11 Å². The van der Waals surface area contributed by atoms with Crippen LogP contribution in [0.1, 0.15) is 6.42 Å². The summed E-state index contributed by atoms with van der Waals surface area (Å²) in [4.78, 5) is 26.1. The van der Waals surface area contributed by atoms with E-state index in [0.717, 1.165) is 19.5 Å². The molecule has 0 unspecified atom stereocenters. The van der Waals surface area contributed by atoms with Gasteiger partial charge in [-0.05, 0) is 20.0 Å². The number of hydrogen-bond donors (Lipinski definition) is 0. The fraction of sp³-hybridized carbons (Fsp3) is 0.778. The van der Waals surface area contributed by atoms with Gasteiger partial charge in [-0.25, -0.2) is 4.79 Å². The highest BCUT2D eigenvalue weighted by atomic mass is 16.5. The largest absolute Gasteiger partial charge is 0.462 e. The Bertz CT molecular complexity index is 230. The van der Waals surface area contributed by atoms with Crippen LogP contribution in [0.5, 0.6) is 0 Å². The summed E-state index contributed by atoms with van der Waals surface area (Å²) in [6.45, 7) is 3.01. The summed E-state index contributed by atoms with van der Waals surface area (Å²) in [5.74, 6) is -1.29. The second kappa shape index (κ2) is 4.95. The van der Waals surface area contributed by atoms with E-state index in [0.29, 0.717) is 13.1 Å². The number of amides is 1. The van der Waals surface area contributed by atoms with Crippen molar-refractivity contribution in [1.29, 1.82) is 0 Å². The molecule has 0 aliphatic carbocycles. The second-order valence-electron chi connectivity index (χ2n) is 3.44. The topological polar surface area (TPSA) is 49.9 Å². The maximum atomic E-state index is 11.4. The summed E-state index contributed by atoms with van der Waals surface area (Å²) < 4.78 is 4.39. The molecule has 0 N–H and O–H groups in total. The Balaban J connectivity index is 2.51. The predicted molar refractivity (Wildman–Crippen MR) is 50.7 cm³/mol. The Morgan fingerprint density at radius 2 is 1.86 bits per heavy atom. The summed E-state index contributed by atoms with van der Waals surface area (Å²) >= 11 is 0. The van der Waals surface area contributed by atoms with Crippen LogP contribution in [0.15, 0.2) is 0 Å². The van der Waals surface area contributed by atoms with Gasteiger partial charge in [0.2, 0.25) is 0 Å². The molecule has 0 spiro atoms. The van der Waals surface area contributed by atoms with E-state index in [1.54, 1.807) is 4.90 Å². The fourth-order valence-corrected chi connectivity index (χ4v) is 1.47. The first-order valence-electron chi connectivity index (χ1n) is 4.71. The number of hydrogen-bond acceptors (Lipinski definition) is 4. The van der Waals surface area contributed by atoms with E-state index in [9.17, 15) is 9.59 Å². The molecule has 0 aromatic rings. The Labute approximate surface area is 83.6 Å².